The number of hydrogen-bond acceptors (Lipinski definition) is 4. The molecule has 5 nitrogen and oxygen atoms in total. The Morgan fingerprint density at radius 1 is 1.12 bits per heavy atom. The van der Waals surface area contributed by atoms with Crippen molar-refractivity contribution in [3.63, 3.8) is 0 Å². The molecule has 0 amide bonds. The van der Waals surface area contributed by atoms with Gasteiger partial charge in [0, 0.05) is 21.3 Å². The molecule has 2 heterocycles. The van der Waals surface area contributed by atoms with Gasteiger partial charge in [-0.3, -0.25) is 4.79 Å². The van der Waals surface area contributed by atoms with Gasteiger partial charge < -0.3 is 19.9 Å². The number of H-pyrrole nitrogens is 1. The van der Waals surface area contributed by atoms with Crippen molar-refractivity contribution in [1.82, 2.24) is 15.2 Å². The summed E-state index contributed by atoms with van der Waals surface area (Å²) in [6, 6.07) is 22.0. The molecule has 0 bridgehead atoms. The van der Waals surface area contributed by atoms with Crippen LogP contribution in [0, 0.1) is 0 Å². The fraction of sp³-hybridized carbons (Fsp3) is 0.231. The summed E-state index contributed by atoms with van der Waals surface area (Å²) in [4.78, 5) is 19.1. The predicted octanol–water partition coefficient (Wildman–Crippen LogP) is 5.63. The SMILES string of the molecule is CCOc1ccc2[nH]c(=O)c(CN(Cc3cccs3)C(=S)NC(C)c3ccccc3)cc2c1. The summed E-state index contributed by atoms with van der Waals surface area (Å²) < 4.78 is 5.63. The standard InChI is InChI=1S/C26H27N3O2S2/c1-3-31-22-11-12-24-20(15-22)14-21(25(30)28-24)16-29(17-23-10-7-13-33-23)26(32)27-18(2)19-8-5-4-6-9-19/h4-15,18H,3,16-17H2,1-2H3,(H,27,32)(H,28,30). The highest BCUT2D eigenvalue weighted by atomic mass is 32.1. The molecule has 0 fully saturated rings. The van der Waals surface area contributed by atoms with E-state index in [4.69, 9.17) is 17.0 Å². The fourth-order valence-corrected chi connectivity index (χ4v) is 4.73. The van der Waals surface area contributed by atoms with Crippen molar-refractivity contribution in [3.8, 4) is 5.75 Å². The number of thiophene rings is 1. The molecule has 1 unspecified atom stereocenters. The number of fused-ring (bicyclic) bond motifs is 1. The summed E-state index contributed by atoms with van der Waals surface area (Å²) in [5.41, 5.74) is 2.49. The monoisotopic (exact) mass is 477 g/mol. The third-order valence-electron chi connectivity index (χ3n) is 5.42. The number of ether oxygens (including phenoxy) is 1. The van der Waals surface area contributed by atoms with Crippen molar-refractivity contribution in [2.45, 2.75) is 33.0 Å². The lowest BCUT2D eigenvalue weighted by Crippen LogP contribution is -2.40. The lowest BCUT2D eigenvalue weighted by atomic mass is 10.1. The van der Waals surface area contributed by atoms with Crippen LogP contribution in [0.15, 0.2) is 76.9 Å². The summed E-state index contributed by atoms with van der Waals surface area (Å²) in [7, 11) is 0. The van der Waals surface area contributed by atoms with E-state index in [0.717, 1.165) is 22.2 Å². The minimum absolute atomic E-state index is 0.0492. The van der Waals surface area contributed by atoms with Gasteiger partial charge in [-0.25, -0.2) is 0 Å². The maximum absolute atomic E-state index is 12.9. The number of thiocarbonyl (C=S) groups is 1. The Morgan fingerprint density at radius 3 is 2.67 bits per heavy atom. The highest BCUT2D eigenvalue weighted by molar-refractivity contribution is 7.80. The van der Waals surface area contributed by atoms with Crippen LogP contribution in [-0.2, 0) is 13.1 Å². The van der Waals surface area contributed by atoms with Crippen LogP contribution in [0.2, 0.25) is 0 Å². The predicted molar refractivity (Wildman–Crippen MR) is 140 cm³/mol. The Kier molecular flexibility index (Phi) is 7.42. The first kappa shape index (κ1) is 23.0. The molecule has 0 saturated heterocycles. The van der Waals surface area contributed by atoms with Gasteiger partial charge in [-0.05, 0) is 67.3 Å². The molecule has 4 rings (SSSR count). The number of benzene rings is 2. The van der Waals surface area contributed by atoms with Gasteiger partial charge in [0.15, 0.2) is 5.11 Å². The van der Waals surface area contributed by atoms with Gasteiger partial charge in [0.2, 0.25) is 0 Å². The first-order chi connectivity index (χ1) is 16.0. The largest absolute Gasteiger partial charge is 0.494 e. The van der Waals surface area contributed by atoms with Crippen LogP contribution in [0.4, 0.5) is 0 Å². The molecule has 170 valence electrons. The number of hydrogen-bond donors (Lipinski definition) is 2. The summed E-state index contributed by atoms with van der Waals surface area (Å²) >= 11 is 7.48. The number of nitrogens with zero attached hydrogens (tertiary/aromatic N) is 1. The molecule has 33 heavy (non-hydrogen) atoms. The van der Waals surface area contributed by atoms with Gasteiger partial charge in [0.1, 0.15) is 5.75 Å². The quantitative estimate of drug-likeness (QED) is 0.322. The molecular weight excluding hydrogens is 450 g/mol. The molecule has 0 spiro atoms. The molecule has 2 N–H and O–H groups in total. The number of rotatable bonds is 8. The lowest BCUT2D eigenvalue weighted by Gasteiger charge is -2.28. The summed E-state index contributed by atoms with van der Waals surface area (Å²) in [5.74, 6) is 0.785. The van der Waals surface area contributed by atoms with E-state index >= 15 is 0 Å². The highest BCUT2D eigenvalue weighted by Gasteiger charge is 2.17. The van der Waals surface area contributed by atoms with Crippen molar-refractivity contribution < 1.29 is 4.74 Å². The Labute approximate surface area is 203 Å². The molecule has 7 heteroatoms. The zero-order valence-electron chi connectivity index (χ0n) is 18.7. The van der Waals surface area contributed by atoms with Crippen LogP contribution < -0.4 is 15.6 Å². The zero-order chi connectivity index (χ0) is 23.2. The van der Waals surface area contributed by atoms with E-state index in [9.17, 15) is 4.79 Å². The van der Waals surface area contributed by atoms with Crippen LogP contribution >= 0.6 is 23.6 Å². The van der Waals surface area contributed by atoms with Gasteiger partial charge >= 0.3 is 0 Å². The van der Waals surface area contributed by atoms with E-state index in [1.807, 2.05) is 60.4 Å². The van der Waals surface area contributed by atoms with E-state index in [-0.39, 0.29) is 11.6 Å². The maximum atomic E-state index is 12.9. The van der Waals surface area contributed by atoms with Crippen molar-refractivity contribution in [1.29, 1.82) is 0 Å². The van der Waals surface area contributed by atoms with Crippen molar-refractivity contribution >= 4 is 39.6 Å². The van der Waals surface area contributed by atoms with Crippen molar-refractivity contribution in [2.75, 3.05) is 6.61 Å². The molecule has 0 aliphatic heterocycles. The van der Waals surface area contributed by atoms with E-state index in [2.05, 4.69) is 40.8 Å². The second-order valence-electron chi connectivity index (χ2n) is 7.82. The summed E-state index contributed by atoms with van der Waals surface area (Å²) in [6.45, 7) is 5.66. The molecule has 4 aromatic rings. The second-order valence-corrected chi connectivity index (χ2v) is 9.24. The lowest BCUT2D eigenvalue weighted by molar-refractivity contribution is 0.340. The molecule has 1 atom stereocenters. The number of aromatic nitrogens is 1. The van der Waals surface area contributed by atoms with Crippen LogP contribution in [0.1, 0.15) is 35.9 Å². The van der Waals surface area contributed by atoms with Crippen LogP contribution in [-0.4, -0.2) is 21.6 Å². The highest BCUT2D eigenvalue weighted by Crippen LogP contribution is 2.21. The van der Waals surface area contributed by atoms with Crippen molar-refractivity contribution in [3.05, 3.63) is 98.5 Å². The minimum atomic E-state index is -0.109. The Balaban J connectivity index is 1.60. The molecule has 0 radical (unpaired) electrons. The average Bonchev–Trinajstić information content (AvgIpc) is 3.33. The molecule has 0 aliphatic carbocycles. The van der Waals surface area contributed by atoms with Gasteiger partial charge in [-0.15, -0.1) is 11.3 Å². The van der Waals surface area contributed by atoms with Crippen LogP contribution in [0.25, 0.3) is 10.9 Å². The third-order valence-corrected chi connectivity index (χ3v) is 6.66. The number of pyridine rings is 1. The van der Waals surface area contributed by atoms with E-state index in [1.165, 1.54) is 4.88 Å². The normalized spacial score (nSPS) is 11.8. The van der Waals surface area contributed by atoms with Gasteiger partial charge in [-0.1, -0.05) is 36.4 Å². The van der Waals surface area contributed by atoms with Gasteiger partial charge in [-0.2, -0.15) is 0 Å². The summed E-state index contributed by atoms with van der Waals surface area (Å²) in [6.07, 6.45) is 0. The molecule has 2 aromatic carbocycles. The molecule has 0 aliphatic rings. The van der Waals surface area contributed by atoms with E-state index < -0.39 is 0 Å². The maximum Gasteiger partial charge on any atom is 0.253 e. The van der Waals surface area contributed by atoms with Crippen LogP contribution in [0.5, 0.6) is 5.75 Å². The number of aromatic amines is 1. The van der Waals surface area contributed by atoms with Gasteiger partial charge in [0.25, 0.3) is 5.56 Å². The van der Waals surface area contributed by atoms with Gasteiger partial charge in [0.05, 0.1) is 25.7 Å². The summed E-state index contributed by atoms with van der Waals surface area (Å²) in [5, 5.41) is 7.04. The van der Waals surface area contributed by atoms with Crippen molar-refractivity contribution in [2.24, 2.45) is 0 Å². The topological polar surface area (TPSA) is 57.4 Å². The van der Waals surface area contributed by atoms with E-state index in [1.54, 1.807) is 11.3 Å². The Bertz CT molecular complexity index is 1270. The third kappa shape index (κ3) is 5.80. The molecule has 2 aromatic heterocycles. The first-order valence-corrected chi connectivity index (χ1v) is 12.2. The second kappa shape index (κ2) is 10.6. The first-order valence-electron chi connectivity index (χ1n) is 10.9. The zero-order valence-corrected chi connectivity index (χ0v) is 20.3. The van der Waals surface area contributed by atoms with E-state index in [0.29, 0.717) is 30.4 Å². The smallest absolute Gasteiger partial charge is 0.253 e. The average molecular weight is 478 g/mol. The molecule has 0 saturated carbocycles. The Hall–Kier alpha value is -3.16. The molecular formula is C26H27N3O2S2. The number of nitrogens with one attached hydrogen (secondary N) is 2. The minimum Gasteiger partial charge on any atom is -0.494 e. The Morgan fingerprint density at radius 2 is 1.94 bits per heavy atom. The van der Waals surface area contributed by atoms with Crippen LogP contribution in [0.3, 0.4) is 0 Å². The fourth-order valence-electron chi connectivity index (χ4n) is 3.70.